The third-order valence-electron chi connectivity index (χ3n) is 2.75. The maximum Gasteiger partial charge on any atom is 0.234 e. The maximum absolute atomic E-state index is 13.6. The maximum atomic E-state index is 13.6. The molecule has 0 atom stereocenters. The van der Waals surface area contributed by atoms with E-state index in [0.29, 0.717) is 23.7 Å². The standard InChI is InChI=1S/C14H20ClFN2O2/c1-18(10-14(19)17-7-4-8-20-2)9-11-12(15)5-3-6-13(11)16/h3,5-6H,4,7-10H2,1-2H3,(H,17,19). The van der Waals surface area contributed by atoms with Crippen molar-refractivity contribution in [1.29, 1.82) is 0 Å². The Morgan fingerprint density at radius 3 is 2.90 bits per heavy atom. The highest BCUT2D eigenvalue weighted by molar-refractivity contribution is 6.31. The molecular weight excluding hydrogens is 283 g/mol. The number of likely N-dealkylation sites (N-methyl/N-ethyl adjacent to an activating group) is 1. The van der Waals surface area contributed by atoms with Crippen LogP contribution in [0.5, 0.6) is 0 Å². The largest absolute Gasteiger partial charge is 0.385 e. The Hall–Kier alpha value is -1.17. The summed E-state index contributed by atoms with van der Waals surface area (Å²) in [5.74, 6) is -0.457. The highest BCUT2D eigenvalue weighted by atomic mass is 35.5. The minimum Gasteiger partial charge on any atom is -0.385 e. The Kier molecular flexibility index (Phi) is 7.51. The van der Waals surface area contributed by atoms with Crippen LogP contribution in [0, 0.1) is 5.82 Å². The molecule has 6 heteroatoms. The lowest BCUT2D eigenvalue weighted by molar-refractivity contribution is -0.122. The highest BCUT2D eigenvalue weighted by Crippen LogP contribution is 2.20. The summed E-state index contributed by atoms with van der Waals surface area (Å²) in [4.78, 5) is 13.4. The van der Waals surface area contributed by atoms with Crippen molar-refractivity contribution < 1.29 is 13.9 Å². The topological polar surface area (TPSA) is 41.6 Å². The summed E-state index contributed by atoms with van der Waals surface area (Å²) in [7, 11) is 3.37. The molecule has 0 radical (unpaired) electrons. The van der Waals surface area contributed by atoms with E-state index in [1.807, 2.05) is 0 Å². The third-order valence-corrected chi connectivity index (χ3v) is 3.10. The van der Waals surface area contributed by atoms with E-state index >= 15 is 0 Å². The van der Waals surface area contributed by atoms with Crippen molar-refractivity contribution in [3.05, 3.63) is 34.6 Å². The number of halogens is 2. The van der Waals surface area contributed by atoms with Gasteiger partial charge in [0.1, 0.15) is 5.82 Å². The number of methoxy groups -OCH3 is 1. The molecule has 0 aliphatic rings. The lowest BCUT2D eigenvalue weighted by Crippen LogP contribution is -2.35. The first-order valence-corrected chi connectivity index (χ1v) is 6.79. The molecule has 0 aromatic heterocycles. The van der Waals surface area contributed by atoms with Gasteiger partial charge in [-0.15, -0.1) is 0 Å². The van der Waals surface area contributed by atoms with Crippen LogP contribution in [0.15, 0.2) is 18.2 Å². The summed E-state index contributed by atoms with van der Waals surface area (Å²) in [5, 5.41) is 3.15. The van der Waals surface area contributed by atoms with Gasteiger partial charge in [0.15, 0.2) is 0 Å². The van der Waals surface area contributed by atoms with Crippen LogP contribution in [0.3, 0.4) is 0 Å². The third kappa shape index (κ3) is 5.86. The van der Waals surface area contributed by atoms with Crippen LogP contribution in [0.25, 0.3) is 0 Å². The number of benzene rings is 1. The Labute approximate surface area is 123 Å². The van der Waals surface area contributed by atoms with Crippen molar-refractivity contribution in [2.45, 2.75) is 13.0 Å². The van der Waals surface area contributed by atoms with Crippen LogP contribution in [0.2, 0.25) is 5.02 Å². The Bertz CT molecular complexity index is 423. The van der Waals surface area contributed by atoms with E-state index in [1.165, 1.54) is 6.07 Å². The van der Waals surface area contributed by atoms with E-state index in [0.717, 1.165) is 6.42 Å². The summed E-state index contributed by atoms with van der Waals surface area (Å²) in [5.41, 5.74) is 0.406. The quantitative estimate of drug-likeness (QED) is 0.748. The number of amides is 1. The van der Waals surface area contributed by atoms with Crippen LogP contribution < -0.4 is 5.32 Å². The fourth-order valence-electron chi connectivity index (χ4n) is 1.75. The SMILES string of the molecule is COCCCNC(=O)CN(C)Cc1c(F)cccc1Cl. The number of nitrogens with zero attached hydrogens (tertiary/aromatic N) is 1. The van der Waals surface area contributed by atoms with E-state index in [-0.39, 0.29) is 24.8 Å². The van der Waals surface area contributed by atoms with Crippen molar-refractivity contribution in [2.24, 2.45) is 0 Å². The lowest BCUT2D eigenvalue weighted by Gasteiger charge is -2.17. The van der Waals surface area contributed by atoms with Gasteiger partial charge in [-0.05, 0) is 25.6 Å². The van der Waals surface area contributed by atoms with Crippen LogP contribution in [0.1, 0.15) is 12.0 Å². The monoisotopic (exact) mass is 302 g/mol. The minimum absolute atomic E-state index is 0.101. The van der Waals surface area contributed by atoms with Crippen molar-refractivity contribution in [3.8, 4) is 0 Å². The molecule has 0 spiro atoms. The van der Waals surface area contributed by atoms with Crippen LogP contribution in [-0.4, -0.2) is 44.7 Å². The summed E-state index contributed by atoms with van der Waals surface area (Å²) >= 11 is 5.95. The Morgan fingerprint density at radius 2 is 2.25 bits per heavy atom. The van der Waals surface area contributed by atoms with Crippen molar-refractivity contribution in [3.63, 3.8) is 0 Å². The molecule has 112 valence electrons. The molecule has 1 aromatic rings. The second kappa shape index (κ2) is 8.89. The first-order valence-electron chi connectivity index (χ1n) is 6.41. The number of nitrogens with one attached hydrogen (secondary N) is 1. The molecule has 20 heavy (non-hydrogen) atoms. The average molecular weight is 303 g/mol. The van der Waals surface area contributed by atoms with Crippen LogP contribution >= 0.6 is 11.6 Å². The van der Waals surface area contributed by atoms with Gasteiger partial charge in [0.2, 0.25) is 5.91 Å². The first-order chi connectivity index (χ1) is 9.54. The van der Waals surface area contributed by atoms with Gasteiger partial charge >= 0.3 is 0 Å². The number of ether oxygens (including phenoxy) is 1. The molecule has 1 N–H and O–H groups in total. The Balaban J connectivity index is 2.39. The molecule has 0 saturated carbocycles. The van der Waals surface area contributed by atoms with E-state index in [4.69, 9.17) is 16.3 Å². The zero-order valence-electron chi connectivity index (χ0n) is 11.8. The van der Waals surface area contributed by atoms with Crippen molar-refractivity contribution in [2.75, 3.05) is 33.9 Å². The molecular formula is C14H20ClFN2O2. The molecule has 1 aromatic carbocycles. The molecule has 0 aliphatic carbocycles. The molecule has 0 bridgehead atoms. The van der Waals surface area contributed by atoms with E-state index in [2.05, 4.69) is 5.32 Å². The van der Waals surface area contributed by atoms with Gasteiger partial charge in [0.05, 0.1) is 6.54 Å². The van der Waals surface area contributed by atoms with Gasteiger partial charge in [-0.3, -0.25) is 9.69 Å². The first kappa shape index (κ1) is 16.9. The number of hydrogen-bond acceptors (Lipinski definition) is 3. The summed E-state index contributed by atoms with van der Waals surface area (Å²) in [6.45, 7) is 1.66. The zero-order chi connectivity index (χ0) is 15.0. The molecule has 4 nitrogen and oxygen atoms in total. The summed E-state index contributed by atoms with van der Waals surface area (Å²) in [6.07, 6.45) is 0.769. The van der Waals surface area contributed by atoms with Crippen molar-refractivity contribution >= 4 is 17.5 Å². The molecule has 0 unspecified atom stereocenters. The summed E-state index contributed by atoms with van der Waals surface area (Å²) < 4.78 is 18.5. The number of rotatable bonds is 8. The van der Waals surface area contributed by atoms with Gasteiger partial charge in [0, 0.05) is 37.4 Å². The fraction of sp³-hybridized carbons (Fsp3) is 0.500. The second-order valence-corrected chi connectivity index (χ2v) is 4.98. The molecule has 0 fully saturated rings. The van der Waals surface area contributed by atoms with Gasteiger partial charge in [-0.2, -0.15) is 0 Å². The second-order valence-electron chi connectivity index (χ2n) is 4.57. The smallest absolute Gasteiger partial charge is 0.234 e. The predicted molar refractivity (Wildman–Crippen MR) is 77.2 cm³/mol. The number of carbonyl (C=O) groups excluding carboxylic acids is 1. The van der Waals surface area contributed by atoms with Gasteiger partial charge in [-0.1, -0.05) is 17.7 Å². The molecule has 0 heterocycles. The summed E-state index contributed by atoms with van der Waals surface area (Å²) in [6, 6.07) is 4.56. The van der Waals surface area contributed by atoms with E-state index in [1.54, 1.807) is 31.2 Å². The molecule has 1 rings (SSSR count). The number of hydrogen-bond donors (Lipinski definition) is 1. The molecule has 0 aliphatic heterocycles. The Morgan fingerprint density at radius 1 is 1.50 bits per heavy atom. The fourth-order valence-corrected chi connectivity index (χ4v) is 1.98. The zero-order valence-corrected chi connectivity index (χ0v) is 12.5. The van der Waals surface area contributed by atoms with E-state index in [9.17, 15) is 9.18 Å². The molecule has 1 amide bonds. The average Bonchev–Trinajstić information content (AvgIpc) is 2.39. The van der Waals surface area contributed by atoms with Crippen LogP contribution in [-0.2, 0) is 16.1 Å². The van der Waals surface area contributed by atoms with E-state index < -0.39 is 0 Å². The predicted octanol–water partition coefficient (Wildman–Crippen LogP) is 2.06. The minimum atomic E-state index is -0.357. The van der Waals surface area contributed by atoms with Crippen molar-refractivity contribution in [1.82, 2.24) is 10.2 Å². The van der Waals surface area contributed by atoms with Gasteiger partial charge < -0.3 is 10.1 Å². The lowest BCUT2D eigenvalue weighted by atomic mass is 10.2. The number of carbonyl (C=O) groups is 1. The highest BCUT2D eigenvalue weighted by Gasteiger charge is 2.12. The normalized spacial score (nSPS) is 10.8. The van der Waals surface area contributed by atoms with Gasteiger partial charge in [-0.25, -0.2) is 4.39 Å². The molecule has 0 saturated heterocycles. The van der Waals surface area contributed by atoms with Gasteiger partial charge in [0.25, 0.3) is 0 Å². The van der Waals surface area contributed by atoms with Crippen LogP contribution in [0.4, 0.5) is 4.39 Å².